The second-order valence-electron chi connectivity index (χ2n) is 8.33. The van der Waals surface area contributed by atoms with Gasteiger partial charge in [-0.25, -0.2) is 4.98 Å². The van der Waals surface area contributed by atoms with E-state index in [1.165, 1.54) is 11.8 Å². The van der Waals surface area contributed by atoms with Crippen molar-refractivity contribution in [1.29, 1.82) is 0 Å². The molecule has 1 amide bonds. The van der Waals surface area contributed by atoms with Crippen LogP contribution in [0.2, 0.25) is 0 Å². The maximum Gasteiger partial charge on any atom is 0.267 e. The largest absolute Gasteiger partial charge is 0.345 e. The number of carbonyl (C=O) groups is 1. The molecule has 144 valence electrons. The molecular formula is C21H27N3O2S. The summed E-state index contributed by atoms with van der Waals surface area (Å²) in [4.78, 5) is 29.7. The third kappa shape index (κ3) is 4.10. The Kier molecular flexibility index (Phi) is 5.47. The summed E-state index contributed by atoms with van der Waals surface area (Å²) in [6.07, 6.45) is 1.40. The summed E-state index contributed by atoms with van der Waals surface area (Å²) in [5.41, 5.74) is 2.22. The Balaban J connectivity index is 1.85. The van der Waals surface area contributed by atoms with Crippen LogP contribution in [0.5, 0.6) is 0 Å². The van der Waals surface area contributed by atoms with Crippen LogP contribution >= 0.6 is 11.8 Å². The first kappa shape index (κ1) is 19.7. The zero-order valence-electron chi connectivity index (χ0n) is 16.6. The Morgan fingerprint density at radius 3 is 2.48 bits per heavy atom. The van der Waals surface area contributed by atoms with Crippen LogP contribution in [0.15, 0.2) is 40.4 Å². The molecule has 2 aromatic rings. The van der Waals surface area contributed by atoms with Gasteiger partial charge in [-0.15, -0.1) is 0 Å². The minimum absolute atomic E-state index is 0.0812. The van der Waals surface area contributed by atoms with Gasteiger partial charge in [-0.1, -0.05) is 70.6 Å². The number of carbonyl (C=O) groups excluding carboxylic acids is 1. The molecule has 1 aliphatic heterocycles. The standard InChI is InChI=1S/C21H27N3O2S/c1-13(2)17(14-6-8-15(9-7-14)21(3,4)5)23-18(25)16-12-22-20-24(19(16)26)10-11-27-20/h6-9,12-13,17H,10-11H2,1-5H3,(H,23,25). The summed E-state index contributed by atoms with van der Waals surface area (Å²) in [7, 11) is 0. The van der Waals surface area contributed by atoms with E-state index in [2.05, 4.69) is 69.2 Å². The van der Waals surface area contributed by atoms with Gasteiger partial charge in [0, 0.05) is 18.5 Å². The molecule has 0 fully saturated rings. The highest BCUT2D eigenvalue weighted by Crippen LogP contribution is 2.27. The number of amides is 1. The number of nitrogens with zero attached hydrogens (tertiary/aromatic N) is 2. The molecule has 3 rings (SSSR count). The molecule has 1 N–H and O–H groups in total. The number of hydrogen-bond acceptors (Lipinski definition) is 4. The van der Waals surface area contributed by atoms with Crippen molar-refractivity contribution >= 4 is 17.7 Å². The summed E-state index contributed by atoms with van der Waals surface area (Å²) in [5, 5.41) is 3.73. The average Bonchev–Trinajstić information content (AvgIpc) is 3.08. The maximum atomic E-state index is 12.8. The molecule has 0 saturated carbocycles. The number of thioether (sulfide) groups is 1. The molecule has 0 bridgehead atoms. The first-order valence-electron chi connectivity index (χ1n) is 9.32. The zero-order chi connectivity index (χ0) is 19.8. The predicted octanol–water partition coefficient (Wildman–Crippen LogP) is 3.77. The van der Waals surface area contributed by atoms with Crippen LogP contribution in [0.3, 0.4) is 0 Å². The Hall–Kier alpha value is -2.08. The summed E-state index contributed by atoms with van der Waals surface area (Å²) in [5.74, 6) is 0.649. The Morgan fingerprint density at radius 2 is 1.89 bits per heavy atom. The van der Waals surface area contributed by atoms with E-state index in [1.807, 2.05) is 0 Å². The van der Waals surface area contributed by atoms with E-state index in [0.29, 0.717) is 11.7 Å². The van der Waals surface area contributed by atoms with Gasteiger partial charge in [-0.05, 0) is 22.5 Å². The minimum Gasteiger partial charge on any atom is -0.345 e. The number of hydrogen-bond donors (Lipinski definition) is 1. The lowest BCUT2D eigenvalue weighted by Crippen LogP contribution is -2.37. The van der Waals surface area contributed by atoms with Crippen molar-refractivity contribution in [2.75, 3.05) is 5.75 Å². The van der Waals surface area contributed by atoms with E-state index in [1.54, 1.807) is 16.3 Å². The van der Waals surface area contributed by atoms with Gasteiger partial charge < -0.3 is 5.32 Å². The highest BCUT2D eigenvalue weighted by atomic mass is 32.2. The molecule has 27 heavy (non-hydrogen) atoms. The van der Waals surface area contributed by atoms with Crippen LogP contribution in [0.25, 0.3) is 0 Å². The molecule has 1 aromatic heterocycles. The molecule has 6 heteroatoms. The smallest absolute Gasteiger partial charge is 0.267 e. The monoisotopic (exact) mass is 385 g/mol. The van der Waals surface area contributed by atoms with Crippen molar-refractivity contribution in [3.05, 3.63) is 57.5 Å². The summed E-state index contributed by atoms with van der Waals surface area (Å²) < 4.78 is 1.59. The van der Waals surface area contributed by atoms with Gasteiger partial charge in [0.25, 0.3) is 11.5 Å². The Labute approximate surface area is 164 Å². The van der Waals surface area contributed by atoms with E-state index in [0.717, 1.165) is 11.3 Å². The normalized spacial score (nSPS) is 14.9. The van der Waals surface area contributed by atoms with Crippen molar-refractivity contribution in [1.82, 2.24) is 14.9 Å². The number of fused-ring (bicyclic) bond motifs is 1. The Bertz CT molecular complexity index is 895. The quantitative estimate of drug-likeness (QED) is 0.814. The number of nitrogens with one attached hydrogen (secondary N) is 1. The molecule has 0 spiro atoms. The van der Waals surface area contributed by atoms with Gasteiger partial charge in [0.2, 0.25) is 0 Å². The minimum atomic E-state index is -0.363. The van der Waals surface area contributed by atoms with E-state index in [4.69, 9.17) is 0 Å². The second-order valence-corrected chi connectivity index (χ2v) is 9.39. The van der Waals surface area contributed by atoms with Crippen molar-refractivity contribution < 1.29 is 4.79 Å². The summed E-state index contributed by atoms with van der Waals surface area (Å²) in [6.45, 7) is 11.3. The third-order valence-electron chi connectivity index (χ3n) is 4.89. The van der Waals surface area contributed by atoms with Crippen LogP contribution in [-0.2, 0) is 12.0 Å². The molecule has 1 unspecified atom stereocenters. The van der Waals surface area contributed by atoms with Gasteiger partial charge in [0.15, 0.2) is 5.16 Å². The molecule has 1 aromatic carbocycles. The van der Waals surface area contributed by atoms with Crippen molar-refractivity contribution in [3.63, 3.8) is 0 Å². The van der Waals surface area contributed by atoms with Gasteiger partial charge in [0.05, 0.1) is 6.04 Å². The van der Waals surface area contributed by atoms with Crippen LogP contribution < -0.4 is 10.9 Å². The van der Waals surface area contributed by atoms with Gasteiger partial charge in [0.1, 0.15) is 5.56 Å². The van der Waals surface area contributed by atoms with E-state index >= 15 is 0 Å². The van der Waals surface area contributed by atoms with Crippen LogP contribution in [0, 0.1) is 5.92 Å². The fraction of sp³-hybridized carbons (Fsp3) is 0.476. The first-order chi connectivity index (χ1) is 12.7. The Morgan fingerprint density at radius 1 is 1.22 bits per heavy atom. The van der Waals surface area contributed by atoms with Crippen molar-refractivity contribution in [2.24, 2.45) is 5.92 Å². The molecule has 0 saturated heterocycles. The van der Waals surface area contributed by atoms with Crippen molar-refractivity contribution in [3.8, 4) is 0 Å². The van der Waals surface area contributed by atoms with Gasteiger partial charge >= 0.3 is 0 Å². The highest BCUT2D eigenvalue weighted by Gasteiger charge is 2.24. The number of rotatable bonds is 4. The molecule has 2 heterocycles. The van der Waals surface area contributed by atoms with Gasteiger partial charge in [-0.3, -0.25) is 14.2 Å². The van der Waals surface area contributed by atoms with Crippen LogP contribution in [-0.4, -0.2) is 21.2 Å². The fourth-order valence-corrected chi connectivity index (χ4v) is 4.13. The van der Waals surface area contributed by atoms with Crippen LogP contribution in [0.1, 0.15) is 62.1 Å². The fourth-order valence-electron chi connectivity index (χ4n) is 3.22. The average molecular weight is 386 g/mol. The van der Waals surface area contributed by atoms with Crippen LogP contribution in [0.4, 0.5) is 0 Å². The third-order valence-corrected chi connectivity index (χ3v) is 5.86. The van der Waals surface area contributed by atoms with Crippen molar-refractivity contribution in [2.45, 2.75) is 57.8 Å². The first-order valence-corrected chi connectivity index (χ1v) is 10.3. The molecule has 5 nitrogen and oxygen atoms in total. The predicted molar refractivity (Wildman–Crippen MR) is 109 cm³/mol. The molecular weight excluding hydrogens is 358 g/mol. The molecule has 0 radical (unpaired) electrons. The topological polar surface area (TPSA) is 64.0 Å². The lowest BCUT2D eigenvalue weighted by Gasteiger charge is -2.25. The SMILES string of the molecule is CC(C)C(NC(=O)c1cnc2n(c1=O)CCS2)c1ccc(C(C)(C)C)cc1. The number of benzene rings is 1. The maximum absolute atomic E-state index is 12.8. The van der Waals surface area contributed by atoms with E-state index < -0.39 is 0 Å². The summed E-state index contributed by atoms with van der Waals surface area (Å²) in [6, 6.07) is 8.18. The second kappa shape index (κ2) is 7.50. The lowest BCUT2D eigenvalue weighted by molar-refractivity contribution is 0.0922. The zero-order valence-corrected chi connectivity index (χ0v) is 17.4. The highest BCUT2D eigenvalue weighted by molar-refractivity contribution is 7.99. The van der Waals surface area contributed by atoms with Gasteiger partial charge in [-0.2, -0.15) is 0 Å². The molecule has 0 aliphatic carbocycles. The number of aromatic nitrogens is 2. The summed E-state index contributed by atoms with van der Waals surface area (Å²) >= 11 is 1.54. The van der Waals surface area contributed by atoms with E-state index in [9.17, 15) is 9.59 Å². The molecule has 1 aliphatic rings. The van der Waals surface area contributed by atoms with E-state index in [-0.39, 0.29) is 34.4 Å². The lowest BCUT2D eigenvalue weighted by atomic mass is 9.85. The molecule has 1 atom stereocenters.